The molecule has 0 spiro atoms. The Kier molecular flexibility index (Phi) is 5.59. The third kappa shape index (κ3) is 4.72. The van der Waals surface area contributed by atoms with Gasteiger partial charge in [-0.05, 0) is 25.5 Å². The van der Waals surface area contributed by atoms with Crippen molar-refractivity contribution in [1.82, 2.24) is 4.90 Å². The summed E-state index contributed by atoms with van der Waals surface area (Å²) in [7, 11) is 0. The molecular formula is C16H24N2O3. The van der Waals surface area contributed by atoms with Gasteiger partial charge in [0.15, 0.2) is 0 Å². The van der Waals surface area contributed by atoms with E-state index in [2.05, 4.69) is 0 Å². The second-order valence-electron chi connectivity index (χ2n) is 5.69. The third-order valence-corrected chi connectivity index (χ3v) is 3.64. The lowest BCUT2D eigenvalue weighted by molar-refractivity contribution is -0.128. The SMILES string of the molecule is C[C@@H](O)CN(C[C@@H](O)CN1CCCC1=O)c1ccccc1. The molecule has 116 valence electrons. The Balaban J connectivity index is 1.96. The minimum Gasteiger partial charge on any atom is -0.392 e. The molecule has 1 aromatic rings. The first-order valence-electron chi connectivity index (χ1n) is 7.50. The molecule has 0 aromatic heterocycles. The summed E-state index contributed by atoms with van der Waals surface area (Å²) in [6.07, 6.45) is 0.363. The Morgan fingerprint density at radius 2 is 1.95 bits per heavy atom. The number of aliphatic hydroxyl groups excluding tert-OH is 2. The zero-order valence-corrected chi connectivity index (χ0v) is 12.5. The monoisotopic (exact) mass is 292 g/mol. The Morgan fingerprint density at radius 1 is 1.24 bits per heavy atom. The molecule has 1 fully saturated rings. The highest BCUT2D eigenvalue weighted by Gasteiger charge is 2.24. The van der Waals surface area contributed by atoms with Crippen LogP contribution in [0.2, 0.25) is 0 Å². The predicted molar refractivity (Wildman–Crippen MR) is 82.2 cm³/mol. The molecule has 1 aromatic carbocycles. The molecule has 1 aliphatic heterocycles. The van der Waals surface area contributed by atoms with Crippen LogP contribution in [-0.2, 0) is 4.79 Å². The second-order valence-corrected chi connectivity index (χ2v) is 5.69. The lowest BCUT2D eigenvalue weighted by Gasteiger charge is -2.30. The van der Waals surface area contributed by atoms with Gasteiger partial charge in [-0.3, -0.25) is 4.79 Å². The lowest BCUT2D eigenvalue weighted by Crippen LogP contribution is -2.43. The van der Waals surface area contributed by atoms with Gasteiger partial charge < -0.3 is 20.0 Å². The van der Waals surface area contributed by atoms with E-state index in [1.165, 1.54) is 0 Å². The van der Waals surface area contributed by atoms with Crippen LogP contribution in [0.4, 0.5) is 5.69 Å². The minimum atomic E-state index is -0.619. The largest absolute Gasteiger partial charge is 0.392 e. The van der Waals surface area contributed by atoms with Crippen molar-refractivity contribution in [1.29, 1.82) is 0 Å². The standard InChI is InChI=1S/C16H24N2O3/c1-13(19)10-18(14-6-3-2-4-7-14)12-15(20)11-17-9-5-8-16(17)21/h2-4,6-7,13,15,19-20H,5,8-12H2,1H3/t13-,15+/m1/s1. The summed E-state index contributed by atoms with van der Waals surface area (Å²) in [5, 5.41) is 19.9. The number of anilines is 1. The molecule has 1 heterocycles. The molecule has 1 amide bonds. The van der Waals surface area contributed by atoms with E-state index < -0.39 is 12.2 Å². The fraction of sp³-hybridized carbons (Fsp3) is 0.562. The third-order valence-electron chi connectivity index (χ3n) is 3.64. The molecule has 5 heteroatoms. The molecule has 5 nitrogen and oxygen atoms in total. The van der Waals surface area contributed by atoms with Crippen molar-refractivity contribution in [3.63, 3.8) is 0 Å². The predicted octanol–water partition coefficient (Wildman–Crippen LogP) is 0.857. The van der Waals surface area contributed by atoms with E-state index in [9.17, 15) is 15.0 Å². The van der Waals surface area contributed by atoms with E-state index in [0.717, 1.165) is 18.7 Å². The Hall–Kier alpha value is -1.59. The molecule has 0 aliphatic carbocycles. The summed E-state index contributed by atoms with van der Waals surface area (Å²) in [4.78, 5) is 15.3. The van der Waals surface area contributed by atoms with E-state index in [1.807, 2.05) is 35.2 Å². The van der Waals surface area contributed by atoms with Crippen LogP contribution in [0, 0.1) is 0 Å². The van der Waals surface area contributed by atoms with Crippen molar-refractivity contribution in [3.05, 3.63) is 30.3 Å². The van der Waals surface area contributed by atoms with E-state index in [0.29, 0.717) is 26.1 Å². The topological polar surface area (TPSA) is 64.0 Å². The van der Waals surface area contributed by atoms with Crippen LogP contribution in [0.5, 0.6) is 0 Å². The number of carbonyl (C=O) groups is 1. The fourth-order valence-electron chi connectivity index (χ4n) is 2.71. The molecule has 0 saturated carbocycles. The van der Waals surface area contributed by atoms with Crippen molar-refractivity contribution < 1.29 is 15.0 Å². The van der Waals surface area contributed by atoms with Crippen LogP contribution in [0.1, 0.15) is 19.8 Å². The van der Waals surface area contributed by atoms with Gasteiger partial charge in [0.05, 0.1) is 12.2 Å². The van der Waals surface area contributed by atoms with Crippen LogP contribution >= 0.6 is 0 Å². The van der Waals surface area contributed by atoms with Crippen LogP contribution in [-0.4, -0.2) is 59.4 Å². The quantitative estimate of drug-likeness (QED) is 0.782. The van der Waals surface area contributed by atoms with Crippen LogP contribution < -0.4 is 4.90 Å². The van der Waals surface area contributed by atoms with Gasteiger partial charge in [-0.2, -0.15) is 0 Å². The number of para-hydroxylation sites is 1. The number of hydrogen-bond acceptors (Lipinski definition) is 4. The van der Waals surface area contributed by atoms with Crippen molar-refractivity contribution >= 4 is 11.6 Å². The van der Waals surface area contributed by atoms with Crippen molar-refractivity contribution in [2.45, 2.75) is 32.0 Å². The summed E-state index contributed by atoms with van der Waals surface area (Å²) >= 11 is 0. The smallest absolute Gasteiger partial charge is 0.222 e. The molecule has 2 atom stereocenters. The first-order chi connectivity index (χ1) is 10.1. The van der Waals surface area contributed by atoms with Crippen LogP contribution in [0.15, 0.2) is 30.3 Å². The van der Waals surface area contributed by atoms with Crippen LogP contribution in [0.25, 0.3) is 0 Å². The fourth-order valence-corrected chi connectivity index (χ4v) is 2.71. The Morgan fingerprint density at radius 3 is 2.52 bits per heavy atom. The number of carbonyl (C=O) groups excluding carboxylic acids is 1. The van der Waals surface area contributed by atoms with Crippen molar-refractivity contribution in [3.8, 4) is 0 Å². The summed E-state index contributed by atoms with van der Waals surface area (Å²) in [5.41, 5.74) is 0.963. The van der Waals surface area contributed by atoms with Gasteiger partial charge in [-0.15, -0.1) is 0 Å². The first kappa shape index (κ1) is 15.8. The zero-order valence-electron chi connectivity index (χ0n) is 12.5. The maximum atomic E-state index is 11.6. The van der Waals surface area contributed by atoms with Gasteiger partial charge in [0.1, 0.15) is 0 Å². The molecule has 0 bridgehead atoms. The van der Waals surface area contributed by atoms with E-state index in [4.69, 9.17) is 0 Å². The van der Waals surface area contributed by atoms with E-state index in [-0.39, 0.29) is 5.91 Å². The van der Waals surface area contributed by atoms with Crippen LogP contribution in [0.3, 0.4) is 0 Å². The molecule has 0 unspecified atom stereocenters. The molecule has 21 heavy (non-hydrogen) atoms. The highest BCUT2D eigenvalue weighted by Crippen LogP contribution is 2.16. The molecule has 2 rings (SSSR count). The average Bonchev–Trinajstić information content (AvgIpc) is 2.84. The Labute approximate surface area is 125 Å². The second kappa shape index (κ2) is 7.43. The number of β-amino-alcohol motifs (C(OH)–C–C–N with tert-alkyl or cyclic N) is 1. The Bertz CT molecular complexity index is 450. The highest BCUT2D eigenvalue weighted by molar-refractivity contribution is 5.78. The maximum Gasteiger partial charge on any atom is 0.222 e. The van der Waals surface area contributed by atoms with Gasteiger partial charge in [0.2, 0.25) is 5.91 Å². The summed E-state index contributed by atoms with van der Waals surface area (Å²) in [6, 6.07) is 9.71. The normalized spacial score (nSPS) is 17.9. The number of benzene rings is 1. The number of likely N-dealkylation sites (tertiary alicyclic amines) is 1. The van der Waals surface area contributed by atoms with Gasteiger partial charge in [-0.25, -0.2) is 0 Å². The number of aliphatic hydroxyl groups is 2. The van der Waals surface area contributed by atoms with Gasteiger partial charge >= 0.3 is 0 Å². The zero-order chi connectivity index (χ0) is 15.2. The summed E-state index contributed by atoms with van der Waals surface area (Å²) in [6.45, 7) is 3.68. The number of nitrogens with zero attached hydrogens (tertiary/aromatic N) is 2. The average molecular weight is 292 g/mol. The minimum absolute atomic E-state index is 0.121. The number of rotatable bonds is 7. The maximum absolute atomic E-state index is 11.6. The summed E-state index contributed by atoms with van der Waals surface area (Å²) < 4.78 is 0. The molecule has 0 radical (unpaired) electrons. The van der Waals surface area contributed by atoms with Crippen molar-refractivity contribution in [2.75, 3.05) is 31.1 Å². The number of hydrogen-bond donors (Lipinski definition) is 2. The lowest BCUT2D eigenvalue weighted by atomic mass is 10.2. The highest BCUT2D eigenvalue weighted by atomic mass is 16.3. The van der Waals surface area contributed by atoms with Crippen molar-refractivity contribution in [2.24, 2.45) is 0 Å². The molecule has 1 saturated heterocycles. The van der Waals surface area contributed by atoms with Gasteiger partial charge in [-0.1, -0.05) is 18.2 Å². The first-order valence-corrected chi connectivity index (χ1v) is 7.50. The van der Waals surface area contributed by atoms with E-state index in [1.54, 1.807) is 11.8 Å². The van der Waals surface area contributed by atoms with Gasteiger partial charge in [0.25, 0.3) is 0 Å². The summed E-state index contributed by atoms with van der Waals surface area (Å²) in [5.74, 6) is 0.121. The molecular weight excluding hydrogens is 268 g/mol. The molecule has 1 aliphatic rings. The van der Waals surface area contributed by atoms with E-state index >= 15 is 0 Å². The number of amides is 1. The molecule has 2 N–H and O–H groups in total. The van der Waals surface area contributed by atoms with Gasteiger partial charge in [0, 0.05) is 38.3 Å².